The van der Waals surface area contributed by atoms with E-state index in [4.69, 9.17) is 17.3 Å². The Labute approximate surface area is 125 Å². The molecule has 98 valence electrons. The first kappa shape index (κ1) is 13.1. The first-order chi connectivity index (χ1) is 9.06. The van der Waals surface area contributed by atoms with Crippen LogP contribution in [0.3, 0.4) is 0 Å². The lowest BCUT2D eigenvalue weighted by atomic mass is 10.0. The minimum Gasteiger partial charge on any atom is -0.320 e. The summed E-state index contributed by atoms with van der Waals surface area (Å²) in [4.78, 5) is 1.17. The SMILES string of the molecule is Cc1cc(Cl)c(C(N)c2cc3sccc3s2)cc1C. The average molecular weight is 308 g/mol. The van der Waals surface area contributed by atoms with Gasteiger partial charge in [0.05, 0.1) is 6.04 Å². The molecule has 1 nitrogen and oxygen atoms in total. The fourth-order valence-electron chi connectivity index (χ4n) is 2.13. The fraction of sp³-hybridized carbons (Fsp3) is 0.200. The molecule has 3 aromatic rings. The Morgan fingerprint density at radius 3 is 2.58 bits per heavy atom. The van der Waals surface area contributed by atoms with Crippen LogP contribution in [-0.4, -0.2) is 0 Å². The second kappa shape index (κ2) is 4.91. The number of thiophene rings is 2. The quantitative estimate of drug-likeness (QED) is 0.684. The lowest BCUT2D eigenvalue weighted by Gasteiger charge is -2.14. The number of nitrogens with two attached hydrogens (primary N) is 1. The van der Waals surface area contributed by atoms with Crippen molar-refractivity contribution < 1.29 is 0 Å². The molecular formula is C15H14ClNS2. The zero-order valence-electron chi connectivity index (χ0n) is 10.7. The normalized spacial score (nSPS) is 13.1. The van der Waals surface area contributed by atoms with Gasteiger partial charge < -0.3 is 5.73 Å². The zero-order valence-corrected chi connectivity index (χ0v) is 13.1. The average Bonchev–Trinajstić information content (AvgIpc) is 2.93. The lowest BCUT2D eigenvalue weighted by Crippen LogP contribution is -2.11. The largest absolute Gasteiger partial charge is 0.320 e. The molecule has 19 heavy (non-hydrogen) atoms. The van der Waals surface area contributed by atoms with Crippen LogP contribution in [0.4, 0.5) is 0 Å². The molecule has 0 radical (unpaired) electrons. The van der Waals surface area contributed by atoms with Crippen LogP contribution >= 0.6 is 34.3 Å². The van der Waals surface area contributed by atoms with E-state index in [2.05, 4.69) is 37.4 Å². The number of aryl methyl sites for hydroxylation is 2. The molecule has 2 heterocycles. The van der Waals surface area contributed by atoms with Gasteiger partial charge in [0.15, 0.2) is 0 Å². The molecule has 4 heteroatoms. The molecule has 2 N–H and O–H groups in total. The molecule has 0 aliphatic heterocycles. The number of halogens is 1. The molecule has 0 bridgehead atoms. The molecule has 0 amide bonds. The van der Waals surface area contributed by atoms with Gasteiger partial charge in [-0.15, -0.1) is 22.7 Å². The molecule has 0 aliphatic rings. The number of hydrogen-bond acceptors (Lipinski definition) is 3. The van der Waals surface area contributed by atoms with Crippen molar-refractivity contribution in [2.45, 2.75) is 19.9 Å². The van der Waals surface area contributed by atoms with Gasteiger partial charge in [-0.05, 0) is 54.1 Å². The number of benzene rings is 1. The van der Waals surface area contributed by atoms with Crippen LogP contribution in [0.15, 0.2) is 29.6 Å². The van der Waals surface area contributed by atoms with Crippen molar-refractivity contribution in [2.75, 3.05) is 0 Å². The lowest BCUT2D eigenvalue weighted by molar-refractivity contribution is 0.891. The summed E-state index contributed by atoms with van der Waals surface area (Å²) in [5.41, 5.74) is 9.83. The van der Waals surface area contributed by atoms with Crippen molar-refractivity contribution in [1.82, 2.24) is 0 Å². The molecule has 0 aliphatic carbocycles. The predicted molar refractivity (Wildman–Crippen MR) is 86.7 cm³/mol. The van der Waals surface area contributed by atoms with Gasteiger partial charge in [0.25, 0.3) is 0 Å². The van der Waals surface area contributed by atoms with Crippen molar-refractivity contribution in [3.8, 4) is 0 Å². The van der Waals surface area contributed by atoms with Crippen molar-refractivity contribution in [1.29, 1.82) is 0 Å². The van der Waals surface area contributed by atoms with Crippen LogP contribution in [-0.2, 0) is 0 Å². The van der Waals surface area contributed by atoms with Gasteiger partial charge in [0.1, 0.15) is 0 Å². The number of hydrogen-bond donors (Lipinski definition) is 1. The third-order valence-corrected chi connectivity index (χ3v) is 5.92. The van der Waals surface area contributed by atoms with Gasteiger partial charge in [-0.25, -0.2) is 0 Å². The van der Waals surface area contributed by atoms with Crippen molar-refractivity contribution >= 4 is 43.7 Å². The number of rotatable bonds is 2. The Balaban J connectivity index is 2.06. The van der Waals surface area contributed by atoms with Crippen molar-refractivity contribution in [3.63, 3.8) is 0 Å². The first-order valence-corrected chi connectivity index (χ1v) is 8.13. The topological polar surface area (TPSA) is 26.0 Å². The summed E-state index contributed by atoms with van der Waals surface area (Å²) in [7, 11) is 0. The maximum atomic E-state index is 6.39. The van der Waals surface area contributed by atoms with E-state index < -0.39 is 0 Å². The molecule has 1 aromatic carbocycles. The maximum absolute atomic E-state index is 6.39. The van der Waals surface area contributed by atoms with Gasteiger partial charge in [0, 0.05) is 19.3 Å². The second-order valence-electron chi connectivity index (χ2n) is 4.73. The van der Waals surface area contributed by atoms with Crippen LogP contribution in [0.2, 0.25) is 5.02 Å². The van der Waals surface area contributed by atoms with E-state index in [1.807, 2.05) is 6.07 Å². The van der Waals surface area contributed by atoms with E-state index in [-0.39, 0.29) is 6.04 Å². The standard InChI is InChI=1S/C15H14ClNS2/c1-8-5-10(11(16)6-9(8)2)15(17)14-7-13-12(19-14)3-4-18-13/h3-7,15H,17H2,1-2H3. The third-order valence-electron chi connectivity index (χ3n) is 3.41. The second-order valence-corrected chi connectivity index (χ2v) is 7.20. The number of fused-ring (bicyclic) bond motifs is 1. The molecule has 0 saturated heterocycles. The smallest absolute Gasteiger partial charge is 0.0661 e. The van der Waals surface area contributed by atoms with Crippen LogP contribution in [0.5, 0.6) is 0 Å². The summed E-state index contributed by atoms with van der Waals surface area (Å²) in [6, 6.07) is 8.29. The Kier molecular flexibility index (Phi) is 3.39. The van der Waals surface area contributed by atoms with E-state index >= 15 is 0 Å². The van der Waals surface area contributed by atoms with Crippen molar-refractivity contribution in [3.05, 3.63) is 56.2 Å². The molecule has 1 atom stereocenters. The highest BCUT2D eigenvalue weighted by Gasteiger charge is 2.16. The molecule has 1 unspecified atom stereocenters. The van der Waals surface area contributed by atoms with E-state index in [0.29, 0.717) is 0 Å². The summed E-state index contributed by atoms with van der Waals surface area (Å²) in [6.07, 6.45) is 0. The maximum Gasteiger partial charge on any atom is 0.0661 e. The van der Waals surface area contributed by atoms with Crippen LogP contribution < -0.4 is 5.73 Å². The summed E-state index contributed by atoms with van der Waals surface area (Å²) in [5, 5.41) is 2.87. The van der Waals surface area contributed by atoms with E-state index in [9.17, 15) is 0 Å². The van der Waals surface area contributed by atoms with E-state index in [0.717, 1.165) is 10.6 Å². The van der Waals surface area contributed by atoms with Gasteiger partial charge in [0.2, 0.25) is 0 Å². The highest BCUT2D eigenvalue weighted by molar-refractivity contribution is 7.27. The van der Waals surface area contributed by atoms with Crippen LogP contribution in [0, 0.1) is 13.8 Å². The summed E-state index contributed by atoms with van der Waals surface area (Å²) in [6.45, 7) is 4.16. The minimum atomic E-state index is -0.142. The van der Waals surface area contributed by atoms with Gasteiger partial charge in [-0.3, -0.25) is 0 Å². The monoisotopic (exact) mass is 307 g/mol. The van der Waals surface area contributed by atoms with Gasteiger partial charge in [-0.2, -0.15) is 0 Å². The molecule has 2 aromatic heterocycles. The summed E-state index contributed by atoms with van der Waals surface area (Å²) in [5.74, 6) is 0. The third kappa shape index (κ3) is 2.32. The minimum absolute atomic E-state index is 0.142. The predicted octanol–water partition coefficient (Wildman–Crippen LogP) is 5.28. The summed E-state index contributed by atoms with van der Waals surface area (Å²) >= 11 is 9.85. The van der Waals surface area contributed by atoms with E-state index in [1.54, 1.807) is 22.7 Å². The molecule has 0 fully saturated rings. The Hall–Kier alpha value is -0.870. The summed E-state index contributed by atoms with van der Waals surface area (Å²) < 4.78 is 2.60. The molecular weight excluding hydrogens is 294 g/mol. The van der Waals surface area contributed by atoms with Gasteiger partial charge in [-0.1, -0.05) is 17.7 Å². The van der Waals surface area contributed by atoms with Gasteiger partial charge >= 0.3 is 0 Å². The van der Waals surface area contributed by atoms with Crippen molar-refractivity contribution in [2.24, 2.45) is 5.73 Å². The zero-order chi connectivity index (χ0) is 13.6. The Morgan fingerprint density at radius 1 is 1.11 bits per heavy atom. The highest BCUT2D eigenvalue weighted by atomic mass is 35.5. The Bertz CT molecular complexity index is 713. The first-order valence-electron chi connectivity index (χ1n) is 6.05. The molecule has 0 saturated carbocycles. The highest BCUT2D eigenvalue weighted by Crippen LogP contribution is 2.37. The van der Waals surface area contributed by atoms with E-state index in [1.165, 1.54) is 25.4 Å². The van der Waals surface area contributed by atoms with Crippen LogP contribution in [0.1, 0.15) is 27.6 Å². The molecule has 3 rings (SSSR count). The Morgan fingerprint density at radius 2 is 1.84 bits per heavy atom. The fourth-order valence-corrected chi connectivity index (χ4v) is 4.61. The van der Waals surface area contributed by atoms with Crippen LogP contribution in [0.25, 0.3) is 9.40 Å². The molecule has 0 spiro atoms.